The van der Waals surface area contributed by atoms with Gasteiger partial charge in [-0.15, -0.1) is 0 Å². The minimum Gasteiger partial charge on any atom is -0.492 e. The van der Waals surface area contributed by atoms with Gasteiger partial charge in [0, 0.05) is 6.20 Å². The van der Waals surface area contributed by atoms with E-state index < -0.39 is 17.7 Å². The van der Waals surface area contributed by atoms with Crippen molar-refractivity contribution in [3.05, 3.63) is 41.2 Å². The minimum atomic E-state index is -4.60. The molecule has 0 aliphatic carbocycles. The number of aromatic nitrogens is 1. The van der Waals surface area contributed by atoms with E-state index in [4.69, 9.17) is 15.7 Å². The lowest BCUT2D eigenvalue weighted by Crippen LogP contribution is -2.13. The van der Waals surface area contributed by atoms with Crippen LogP contribution in [0.5, 0.6) is 5.75 Å². The summed E-state index contributed by atoms with van der Waals surface area (Å²) in [6.07, 6.45) is -3.43. The van der Waals surface area contributed by atoms with E-state index in [9.17, 15) is 18.0 Å². The van der Waals surface area contributed by atoms with Crippen LogP contribution in [0.1, 0.15) is 28.5 Å². The second-order valence-electron chi connectivity index (χ2n) is 4.89. The number of ether oxygens (including phenoxy) is 2. The second-order valence-corrected chi connectivity index (χ2v) is 4.89. The van der Waals surface area contributed by atoms with E-state index in [0.717, 1.165) is 29.9 Å². The van der Waals surface area contributed by atoms with Gasteiger partial charge in [-0.1, -0.05) is 0 Å². The number of nitrogens with zero attached hydrogens (tertiary/aromatic N) is 2. The first-order valence-electron chi connectivity index (χ1n) is 7.08. The zero-order valence-corrected chi connectivity index (χ0v) is 13.3. The molecule has 0 aliphatic heterocycles. The number of carbonyl (C=O) groups is 1. The molecule has 2 N–H and O–H groups in total. The van der Waals surface area contributed by atoms with Crippen molar-refractivity contribution >= 4 is 11.7 Å². The van der Waals surface area contributed by atoms with Crippen molar-refractivity contribution in [2.75, 3.05) is 19.5 Å². The smallest absolute Gasteiger partial charge is 0.416 e. The van der Waals surface area contributed by atoms with Crippen LogP contribution < -0.4 is 10.5 Å². The predicted octanol–water partition coefficient (Wildman–Crippen LogP) is 3.14. The van der Waals surface area contributed by atoms with Crippen molar-refractivity contribution < 1.29 is 27.4 Å². The average Bonchev–Trinajstić information content (AvgIpc) is 2.90. The fraction of sp³-hybridized carbons (Fsp3) is 0.250. The highest BCUT2D eigenvalue weighted by atomic mass is 19.4. The molecule has 0 saturated carbocycles. The van der Waals surface area contributed by atoms with E-state index in [1.807, 2.05) is 0 Å². The van der Waals surface area contributed by atoms with Crippen LogP contribution >= 0.6 is 0 Å². The maximum atomic E-state index is 13.1. The summed E-state index contributed by atoms with van der Waals surface area (Å²) in [6, 6.07) is 4.61. The van der Waals surface area contributed by atoms with Crippen molar-refractivity contribution in [2.45, 2.75) is 13.1 Å². The largest absolute Gasteiger partial charge is 0.492 e. The Morgan fingerprint density at radius 3 is 2.60 bits per heavy atom. The number of rotatable bonds is 4. The lowest BCUT2D eigenvalue weighted by molar-refractivity contribution is -0.137. The summed E-state index contributed by atoms with van der Waals surface area (Å²) in [6.45, 7) is 1.85. The standard InChI is InChI=1S/C16H14F3N3O3/c1-3-25-12-5-4-10(16(17,18)19)6-11(12)22-8-9(7-20)13(21)14(22)15(23)24-2/h4-6,8H,3,21H2,1-2H3. The van der Waals surface area contributed by atoms with Gasteiger partial charge in [-0.3, -0.25) is 0 Å². The van der Waals surface area contributed by atoms with Gasteiger partial charge in [0.25, 0.3) is 0 Å². The summed E-state index contributed by atoms with van der Waals surface area (Å²) in [4.78, 5) is 12.0. The average molecular weight is 353 g/mol. The summed E-state index contributed by atoms with van der Waals surface area (Å²) in [5, 5.41) is 9.11. The number of esters is 1. The van der Waals surface area contributed by atoms with Crippen molar-refractivity contribution in [1.82, 2.24) is 4.57 Å². The molecule has 2 rings (SSSR count). The lowest BCUT2D eigenvalue weighted by Gasteiger charge is -2.16. The first-order chi connectivity index (χ1) is 11.7. The fourth-order valence-corrected chi connectivity index (χ4v) is 2.26. The minimum absolute atomic E-state index is 0.0692. The van der Waals surface area contributed by atoms with E-state index in [1.165, 1.54) is 6.20 Å². The molecule has 0 aliphatic rings. The van der Waals surface area contributed by atoms with E-state index in [0.29, 0.717) is 0 Å². The molecule has 0 unspecified atom stereocenters. The SMILES string of the molecule is CCOc1ccc(C(F)(F)F)cc1-n1cc(C#N)c(N)c1C(=O)OC. The number of hydrogen-bond donors (Lipinski definition) is 1. The lowest BCUT2D eigenvalue weighted by atomic mass is 10.1. The summed E-state index contributed by atoms with van der Waals surface area (Å²) in [5.41, 5.74) is 4.25. The molecule has 1 heterocycles. The molecule has 9 heteroatoms. The Labute approximate surface area is 141 Å². The number of halogens is 3. The molecule has 0 saturated heterocycles. The normalized spacial score (nSPS) is 11.0. The predicted molar refractivity (Wildman–Crippen MR) is 82.4 cm³/mol. The van der Waals surface area contributed by atoms with Gasteiger partial charge >= 0.3 is 12.1 Å². The third kappa shape index (κ3) is 3.38. The molecule has 0 bridgehead atoms. The Balaban J connectivity index is 2.80. The Morgan fingerprint density at radius 1 is 1.40 bits per heavy atom. The van der Waals surface area contributed by atoms with Gasteiger partial charge in [0.2, 0.25) is 0 Å². The zero-order chi connectivity index (χ0) is 18.8. The second kappa shape index (κ2) is 6.76. The van der Waals surface area contributed by atoms with Gasteiger partial charge in [0.1, 0.15) is 11.8 Å². The molecule has 2 aromatic rings. The molecule has 0 amide bonds. The highest BCUT2D eigenvalue weighted by molar-refractivity contribution is 5.96. The molecule has 0 atom stereocenters. The van der Waals surface area contributed by atoms with Crippen molar-refractivity contribution in [3.8, 4) is 17.5 Å². The third-order valence-electron chi connectivity index (χ3n) is 3.39. The number of methoxy groups -OCH3 is 1. The fourth-order valence-electron chi connectivity index (χ4n) is 2.26. The first-order valence-corrected chi connectivity index (χ1v) is 7.08. The molecule has 0 spiro atoms. The van der Waals surface area contributed by atoms with Gasteiger partial charge in [0.05, 0.1) is 36.2 Å². The topological polar surface area (TPSA) is 90.3 Å². The summed E-state index contributed by atoms with van der Waals surface area (Å²) in [7, 11) is 1.10. The van der Waals surface area contributed by atoms with E-state index in [2.05, 4.69) is 4.74 Å². The number of hydrogen-bond acceptors (Lipinski definition) is 5. The van der Waals surface area contributed by atoms with Crippen molar-refractivity contribution in [1.29, 1.82) is 5.26 Å². The molecule has 0 radical (unpaired) electrons. The van der Waals surface area contributed by atoms with Crippen LogP contribution in [0.25, 0.3) is 5.69 Å². The quantitative estimate of drug-likeness (QED) is 0.853. The Bertz CT molecular complexity index is 851. The Hall–Kier alpha value is -3.15. The number of nitrogen functional groups attached to an aromatic ring is 1. The first kappa shape index (κ1) is 18.2. The highest BCUT2D eigenvalue weighted by Crippen LogP contribution is 2.36. The summed E-state index contributed by atoms with van der Waals surface area (Å²) < 4.78 is 50.2. The van der Waals surface area contributed by atoms with Gasteiger partial charge in [-0.2, -0.15) is 18.4 Å². The van der Waals surface area contributed by atoms with Crippen LogP contribution in [0.2, 0.25) is 0 Å². The number of nitriles is 1. The van der Waals surface area contributed by atoms with Gasteiger partial charge in [-0.25, -0.2) is 4.79 Å². The van der Waals surface area contributed by atoms with Crippen LogP contribution in [0.3, 0.4) is 0 Å². The zero-order valence-electron chi connectivity index (χ0n) is 13.3. The van der Waals surface area contributed by atoms with Crippen LogP contribution in [-0.2, 0) is 10.9 Å². The highest BCUT2D eigenvalue weighted by Gasteiger charge is 2.32. The molecule has 1 aromatic heterocycles. The Kier molecular flexibility index (Phi) is 4.92. The molecular weight excluding hydrogens is 339 g/mol. The number of anilines is 1. The number of carbonyl (C=O) groups excluding carboxylic acids is 1. The third-order valence-corrected chi connectivity index (χ3v) is 3.39. The van der Waals surface area contributed by atoms with E-state index >= 15 is 0 Å². The summed E-state index contributed by atoms with van der Waals surface area (Å²) >= 11 is 0. The van der Waals surface area contributed by atoms with Gasteiger partial charge in [-0.05, 0) is 25.1 Å². The maximum Gasteiger partial charge on any atom is 0.416 e. The van der Waals surface area contributed by atoms with Crippen LogP contribution in [0, 0.1) is 11.3 Å². The molecule has 0 fully saturated rings. The molecular formula is C16H14F3N3O3. The summed E-state index contributed by atoms with van der Waals surface area (Å²) in [5.74, 6) is -0.793. The molecule has 6 nitrogen and oxygen atoms in total. The van der Waals surface area contributed by atoms with E-state index in [1.54, 1.807) is 13.0 Å². The Morgan fingerprint density at radius 2 is 2.08 bits per heavy atom. The van der Waals surface area contributed by atoms with Crippen molar-refractivity contribution in [2.24, 2.45) is 0 Å². The number of nitrogens with two attached hydrogens (primary N) is 1. The van der Waals surface area contributed by atoms with Crippen molar-refractivity contribution in [3.63, 3.8) is 0 Å². The van der Waals surface area contributed by atoms with E-state index in [-0.39, 0.29) is 35.0 Å². The molecule has 132 valence electrons. The van der Waals surface area contributed by atoms with Gasteiger partial charge < -0.3 is 19.8 Å². The number of benzene rings is 1. The van der Waals surface area contributed by atoms with Gasteiger partial charge in [0.15, 0.2) is 5.69 Å². The van der Waals surface area contributed by atoms with Crippen LogP contribution in [0.4, 0.5) is 18.9 Å². The molecule has 25 heavy (non-hydrogen) atoms. The van der Waals surface area contributed by atoms with Crippen LogP contribution in [-0.4, -0.2) is 24.3 Å². The molecule has 1 aromatic carbocycles. The number of alkyl halides is 3. The van der Waals surface area contributed by atoms with Crippen LogP contribution in [0.15, 0.2) is 24.4 Å². The maximum absolute atomic E-state index is 13.1. The monoisotopic (exact) mass is 353 g/mol.